The van der Waals surface area contributed by atoms with Crippen molar-refractivity contribution in [3.8, 4) is 5.75 Å². The highest BCUT2D eigenvalue weighted by molar-refractivity contribution is 5.88. The van der Waals surface area contributed by atoms with Crippen LogP contribution in [0.5, 0.6) is 5.75 Å². The van der Waals surface area contributed by atoms with Gasteiger partial charge in [0.05, 0.1) is 5.56 Å². The van der Waals surface area contributed by atoms with Crippen LogP contribution in [0, 0.1) is 0 Å². The first-order valence-corrected chi connectivity index (χ1v) is 6.48. The second-order valence-electron chi connectivity index (χ2n) is 4.87. The van der Waals surface area contributed by atoms with E-state index in [0.717, 1.165) is 17.9 Å². The van der Waals surface area contributed by atoms with Crippen molar-refractivity contribution in [1.29, 1.82) is 0 Å². The molecular weight excluding hydrogens is 254 g/mol. The van der Waals surface area contributed by atoms with E-state index in [0.29, 0.717) is 18.8 Å². The van der Waals surface area contributed by atoms with Gasteiger partial charge in [0.25, 0.3) is 0 Å². The zero-order valence-electron chi connectivity index (χ0n) is 11.0. The molecule has 0 fully saturated rings. The van der Waals surface area contributed by atoms with Gasteiger partial charge < -0.3 is 9.84 Å². The number of ether oxygens (including phenoxy) is 1. The van der Waals surface area contributed by atoms with Gasteiger partial charge in [-0.15, -0.1) is 0 Å². The van der Waals surface area contributed by atoms with E-state index >= 15 is 0 Å². The summed E-state index contributed by atoms with van der Waals surface area (Å²) in [4.78, 5) is 13.1. The molecule has 1 N–H and O–H groups in total. The maximum absolute atomic E-state index is 11.0. The Bertz CT molecular complexity index is 625. The van der Waals surface area contributed by atoms with Crippen LogP contribution in [0.15, 0.2) is 48.5 Å². The summed E-state index contributed by atoms with van der Waals surface area (Å²) >= 11 is 0. The van der Waals surface area contributed by atoms with Crippen molar-refractivity contribution in [3.63, 3.8) is 0 Å². The van der Waals surface area contributed by atoms with Crippen molar-refractivity contribution in [3.05, 3.63) is 65.2 Å². The summed E-state index contributed by atoms with van der Waals surface area (Å²) in [7, 11) is 0. The molecule has 2 aromatic carbocycles. The summed E-state index contributed by atoms with van der Waals surface area (Å²) < 4.78 is 5.68. The number of carbonyl (C=O) groups is 1. The minimum atomic E-state index is -0.909. The van der Waals surface area contributed by atoms with Gasteiger partial charge in [0.2, 0.25) is 0 Å². The Labute approximate surface area is 117 Å². The Morgan fingerprint density at radius 2 is 2.00 bits per heavy atom. The highest BCUT2D eigenvalue weighted by atomic mass is 16.5. The molecule has 0 amide bonds. The summed E-state index contributed by atoms with van der Waals surface area (Å²) in [6.07, 6.45) is 0. The fraction of sp³-hybridized carbons (Fsp3) is 0.188. The summed E-state index contributed by atoms with van der Waals surface area (Å²) in [5.41, 5.74) is 2.44. The third kappa shape index (κ3) is 2.65. The number of nitrogens with zero attached hydrogens (tertiary/aromatic N) is 1. The Kier molecular flexibility index (Phi) is 3.39. The lowest BCUT2D eigenvalue weighted by atomic mass is 10.1. The first-order chi connectivity index (χ1) is 9.72. The summed E-state index contributed by atoms with van der Waals surface area (Å²) in [5, 5.41) is 9.03. The van der Waals surface area contributed by atoms with Crippen LogP contribution in [0.4, 0.5) is 0 Å². The number of benzene rings is 2. The van der Waals surface area contributed by atoms with Crippen LogP contribution in [0.25, 0.3) is 0 Å². The van der Waals surface area contributed by atoms with Crippen LogP contribution < -0.4 is 4.74 Å². The highest BCUT2D eigenvalue weighted by Gasteiger charge is 2.18. The predicted molar refractivity (Wildman–Crippen MR) is 74.6 cm³/mol. The smallest absolute Gasteiger partial charge is 0.335 e. The van der Waals surface area contributed by atoms with Crippen molar-refractivity contribution >= 4 is 5.97 Å². The number of carboxylic acids is 1. The molecule has 3 rings (SSSR count). The third-order valence-corrected chi connectivity index (χ3v) is 3.35. The predicted octanol–water partition coefficient (Wildman–Crippen LogP) is 2.74. The first kappa shape index (κ1) is 12.7. The molecule has 0 radical (unpaired) electrons. The molecule has 0 unspecified atom stereocenters. The average molecular weight is 269 g/mol. The van der Waals surface area contributed by atoms with Crippen LogP contribution in [-0.2, 0) is 13.1 Å². The zero-order chi connectivity index (χ0) is 13.9. The van der Waals surface area contributed by atoms with Crippen molar-refractivity contribution in [1.82, 2.24) is 4.90 Å². The molecule has 0 aromatic heterocycles. The van der Waals surface area contributed by atoms with Gasteiger partial charge in [-0.2, -0.15) is 0 Å². The SMILES string of the molecule is O=C(O)c1ccc2c(c1)CN(Cc1ccccc1)CO2. The van der Waals surface area contributed by atoms with Crippen LogP contribution in [0.1, 0.15) is 21.5 Å². The Morgan fingerprint density at radius 1 is 1.20 bits per heavy atom. The molecule has 4 nitrogen and oxygen atoms in total. The lowest BCUT2D eigenvalue weighted by molar-refractivity contribution is 0.0694. The quantitative estimate of drug-likeness (QED) is 0.930. The molecule has 0 bridgehead atoms. The van der Waals surface area contributed by atoms with E-state index < -0.39 is 5.97 Å². The molecule has 1 aliphatic rings. The van der Waals surface area contributed by atoms with E-state index in [1.165, 1.54) is 5.56 Å². The molecule has 1 aliphatic heterocycles. The Morgan fingerprint density at radius 3 is 2.75 bits per heavy atom. The average Bonchev–Trinajstić information content (AvgIpc) is 2.47. The molecule has 0 saturated carbocycles. The van der Waals surface area contributed by atoms with Gasteiger partial charge in [-0.3, -0.25) is 4.90 Å². The van der Waals surface area contributed by atoms with Gasteiger partial charge >= 0.3 is 5.97 Å². The molecule has 0 spiro atoms. The second kappa shape index (κ2) is 5.35. The van der Waals surface area contributed by atoms with Gasteiger partial charge in [0, 0.05) is 18.7 Å². The Balaban J connectivity index is 1.77. The van der Waals surface area contributed by atoms with Crippen molar-refractivity contribution < 1.29 is 14.6 Å². The number of hydrogen-bond donors (Lipinski definition) is 1. The Hall–Kier alpha value is -2.33. The summed E-state index contributed by atoms with van der Waals surface area (Å²) in [6.45, 7) is 2.01. The molecule has 2 aromatic rings. The molecule has 0 atom stereocenters. The molecule has 0 aliphatic carbocycles. The van der Waals surface area contributed by atoms with Gasteiger partial charge in [-0.05, 0) is 23.8 Å². The fourth-order valence-corrected chi connectivity index (χ4v) is 2.37. The number of aromatic carboxylic acids is 1. The first-order valence-electron chi connectivity index (χ1n) is 6.48. The fourth-order valence-electron chi connectivity index (χ4n) is 2.37. The van der Waals surface area contributed by atoms with Crippen molar-refractivity contribution in [2.45, 2.75) is 13.1 Å². The number of rotatable bonds is 3. The van der Waals surface area contributed by atoms with E-state index in [2.05, 4.69) is 17.0 Å². The van der Waals surface area contributed by atoms with Gasteiger partial charge in [0.1, 0.15) is 12.5 Å². The summed E-state index contributed by atoms with van der Waals surface area (Å²) in [6, 6.07) is 15.2. The lowest BCUT2D eigenvalue weighted by Crippen LogP contribution is -2.31. The highest BCUT2D eigenvalue weighted by Crippen LogP contribution is 2.26. The molecular formula is C16H15NO3. The second-order valence-corrected chi connectivity index (χ2v) is 4.87. The monoisotopic (exact) mass is 269 g/mol. The van der Waals surface area contributed by atoms with E-state index in [1.807, 2.05) is 18.2 Å². The van der Waals surface area contributed by atoms with Crippen molar-refractivity contribution in [2.24, 2.45) is 0 Å². The van der Waals surface area contributed by atoms with Crippen molar-refractivity contribution in [2.75, 3.05) is 6.73 Å². The minimum absolute atomic E-state index is 0.300. The number of fused-ring (bicyclic) bond motifs is 1. The molecule has 0 saturated heterocycles. The van der Waals surface area contributed by atoms with E-state index in [4.69, 9.17) is 9.84 Å². The van der Waals surface area contributed by atoms with E-state index in [1.54, 1.807) is 18.2 Å². The zero-order valence-corrected chi connectivity index (χ0v) is 11.0. The van der Waals surface area contributed by atoms with Crippen LogP contribution in [0.2, 0.25) is 0 Å². The molecule has 4 heteroatoms. The van der Waals surface area contributed by atoms with E-state index in [9.17, 15) is 4.79 Å². The van der Waals surface area contributed by atoms with Gasteiger partial charge in [-0.25, -0.2) is 4.79 Å². The summed E-state index contributed by atoms with van der Waals surface area (Å²) in [5.74, 6) is -0.132. The van der Waals surface area contributed by atoms with Crippen LogP contribution >= 0.6 is 0 Å². The third-order valence-electron chi connectivity index (χ3n) is 3.35. The molecule has 102 valence electrons. The minimum Gasteiger partial charge on any atom is -0.478 e. The maximum Gasteiger partial charge on any atom is 0.335 e. The maximum atomic E-state index is 11.0. The van der Waals surface area contributed by atoms with Gasteiger partial charge in [-0.1, -0.05) is 30.3 Å². The molecule has 20 heavy (non-hydrogen) atoms. The van der Waals surface area contributed by atoms with Crippen LogP contribution in [0.3, 0.4) is 0 Å². The molecule has 1 heterocycles. The number of carboxylic acid groups (broad SMARTS) is 1. The van der Waals surface area contributed by atoms with E-state index in [-0.39, 0.29) is 0 Å². The van der Waals surface area contributed by atoms with Gasteiger partial charge in [0.15, 0.2) is 0 Å². The lowest BCUT2D eigenvalue weighted by Gasteiger charge is -2.29. The number of hydrogen-bond acceptors (Lipinski definition) is 3. The normalized spacial score (nSPS) is 14.4. The largest absolute Gasteiger partial charge is 0.478 e. The van der Waals surface area contributed by atoms with Crippen LogP contribution in [-0.4, -0.2) is 22.7 Å². The standard InChI is InChI=1S/C16H15NO3/c18-16(19)13-6-7-15-14(8-13)10-17(11-20-15)9-12-4-2-1-3-5-12/h1-8H,9-11H2,(H,18,19). The topological polar surface area (TPSA) is 49.8 Å².